The van der Waals surface area contributed by atoms with Crippen molar-refractivity contribution in [1.29, 1.82) is 0 Å². The van der Waals surface area contributed by atoms with E-state index in [4.69, 9.17) is 16.0 Å². The van der Waals surface area contributed by atoms with Crippen molar-refractivity contribution in [2.45, 2.75) is 11.8 Å². The lowest BCUT2D eigenvalue weighted by Crippen LogP contribution is -2.49. The van der Waals surface area contributed by atoms with E-state index in [1.54, 1.807) is 54.6 Å². The summed E-state index contributed by atoms with van der Waals surface area (Å²) in [6, 6.07) is 21.3. The molecule has 35 heavy (non-hydrogen) atoms. The zero-order valence-electron chi connectivity index (χ0n) is 19.1. The molecule has 4 aromatic rings. The van der Waals surface area contributed by atoms with Gasteiger partial charge in [-0.15, -0.1) is 0 Å². The smallest absolute Gasteiger partial charge is 0.291 e. The van der Waals surface area contributed by atoms with Gasteiger partial charge in [-0.25, -0.2) is 8.42 Å². The molecule has 3 aromatic carbocycles. The predicted molar refractivity (Wildman–Crippen MR) is 138 cm³/mol. The Labute approximate surface area is 209 Å². The minimum atomic E-state index is -3.58. The minimum absolute atomic E-state index is 0.200. The highest BCUT2D eigenvalue weighted by molar-refractivity contribution is 7.89. The summed E-state index contributed by atoms with van der Waals surface area (Å²) in [5.74, 6) is -0.184. The molecular formula is C26H24ClN3O4S. The maximum absolute atomic E-state index is 13.1. The Morgan fingerprint density at radius 1 is 0.943 bits per heavy atom. The normalized spacial score (nSPS) is 14.9. The van der Waals surface area contributed by atoms with Crippen molar-refractivity contribution in [3.8, 4) is 0 Å². The topological polar surface area (TPSA) is 82.9 Å². The standard InChI is InChI=1S/C26H24ClN3O4S/c1-18-9-11-20(12-10-18)35(32,33)30-15-13-29(14-16-30)25-21(27)6-4-7-22(25)28-26(31)24-17-19-5-2-3-8-23(19)34-24/h2-12,17H,13-16H2,1H3,(H,28,31). The van der Waals surface area contributed by atoms with Crippen LogP contribution in [0.25, 0.3) is 11.0 Å². The Bertz CT molecular complexity index is 1460. The Kier molecular flexibility index (Phi) is 6.27. The number of benzene rings is 3. The average molecular weight is 510 g/mol. The number of anilines is 2. The number of hydrogen-bond acceptors (Lipinski definition) is 5. The molecule has 1 N–H and O–H groups in total. The van der Waals surface area contributed by atoms with Crippen molar-refractivity contribution in [1.82, 2.24) is 4.31 Å². The maximum atomic E-state index is 13.1. The highest BCUT2D eigenvalue weighted by Gasteiger charge is 2.30. The molecule has 5 rings (SSSR count). The lowest BCUT2D eigenvalue weighted by molar-refractivity contribution is 0.0998. The molecule has 1 aromatic heterocycles. The molecular weight excluding hydrogens is 486 g/mol. The zero-order chi connectivity index (χ0) is 24.6. The highest BCUT2D eigenvalue weighted by Crippen LogP contribution is 2.35. The summed E-state index contributed by atoms with van der Waals surface area (Å²) in [6.07, 6.45) is 0. The molecule has 0 bridgehead atoms. The van der Waals surface area contributed by atoms with E-state index >= 15 is 0 Å². The van der Waals surface area contributed by atoms with Crippen LogP contribution < -0.4 is 10.2 Å². The summed E-state index contributed by atoms with van der Waals surface area (Å²) in [5.41, 5.74) is 2.84. The van der Waals surface area contributed by atoms with Crippen LogP contribution in [0.15, 0.2) is 82.1 Å². The van der Waals surface area contributed by atoms with E-state index in [0.717, 1.165) is 10.9 Å². The van der Waals surface area contributed by atoms with E-state index in [-0.39, 0.29) is 16.6 Å². The van der Waals surface area contributed by atoms with Gasteiger partial charge in [-0.2, -0.15) is 4.31 Å². The van der Waals surface area contributed by atoms with Gasteiger partial charge in [0.1, 0.15) is 5.58 Å². The molecule has 1 aliphatic heterocycles. The third kappa shape index (κ3) is 4.65. The van der Waals surface area contributed by atoms with Gasteiger partial charge in [0, 0.05) is 31.6 Å². The van der Waals surface area contributed by atoms with E-state index in [2.05, 4.69) is 5.32 Å². The second-order valence-electron chi connectivity index (χ2n) is 8.44. The summed E-state index contributed by atoms with van der Waals surface area (Å²) >= 11 is 6.55. The number of carbonyl (C=O) groups excluding carboxylic acids is 1. The Hall–Kier alpha value is -3.33. The molecule has 0 atom stereocenters. The Morgan fingerprint density at radius 3 is 2.37 bits per heavy atom. The molecule has 7 nitrogen and oxygen atoms in total. The lowest BCUT2D eigenvalue weighted by Gasteiger charge is -2.36. The summed E-state index contributed by atoms with van der Waals surface area (Å²) in [5, 5.41) is 4.22. The van der Waals surface area contributed by atoms with E-state index < -0.39 is 10.0 Å². The first-order chi connectivity index (χ1) is 16.8. The monoisotopic (exact) mass is 509 g/mol. The Balaban J connectivity index is 1.34. The van der Waals surface area contributed by atoms with Gasteiger partial charge in [0.05, 0.1) is 21.3 Å². The number of nitrogens with zero attached hydrogens (tertiary/aromatic N) is 2. The first-order valence-corrected chi connectivity index (χ1v) is 13.0. The van der Waals surface area contributed by atoms with Crippen molar-refractivity contribution < 1.29 is 17.6 Å². The second-order valence-corrected chi connectivity index (χ2v) is 10.8. The van der Waals surface area contributed by atoms with Crippen molar-refractivity contribution >= 4 is 49.9 Å². The molecule has 1 fully saturated rings. The first-order valence-electron chi connectivity index (χ1n) is 11.2. The fraction of sp³-hybridized carbons (Fsp3) is 0.192. The van der Waals surface area contributed by atoms with Gasteiger partial charge in [0.25, 0.3) is 5.91 Å². The molecule has 0 saturated carbocycles. The molecule has 1 amide bonds. The summed E-state index contributed by atoms with van der Waals surface area (Å²) in [6.45, 7) is 3.39. The molecule has 1 saturated heterocycles. The maximum Gasteiger partial charge on any atom is 0.291 e. The molecule has 0 radical (unpaired) electrons. The summed E-state index contributed by atoms with van der Waals surface area (Å²) in [7, 11) is -3.58. The number of carbonyl (C=O) groups is 1. The largest absolute Gasteiger partial charge is 0.451 e. The van der Waals surface area contributed by atoms with Crippen LogP contribution in [0.3, 0.4) is 0 Å². The number of hydrogen-bond donors (Lipinski definition) is 1. The van der Waals surface area contributed by atoms with Crippen molar-refractivity contribution in [3.05, 3.63) is 89.1 Å². The van der Waals surface area contributed by atoms with E-state index in [1.165, 1.54) is 4.31 Å². The fourth-order valence-electron chi connectivity index (χ4n) is 4.23. The summed E-state index contributed by atoms with van der Waals surface area (Å²) in [4.78, 5) is 15.2. The fourth-order valence-corrected chi connectivity index (χ4v) is 5.94. The molecule has 0 spiro atoms. The quantitative estimate of drug-likeness (QED) is 0.402. The van der Waals surface area contributed by atoms with Crippen LogP contribution in [-0.2, 0) is 10.0 Å². The molecule has 2 heterocycles. The van der Waals surface area contributed by atoms with Crippen molar-refractivity contribution in [3.63, 3.8) is 0 Å². The second kappa shape index (κ2) is 9.37. The van der Waals surface area contributed by atoms with E-state index in [1.807, 2.05) is 30.0 Å². The number of fused-ring (bicyclic) bond motifs is 1. The molecule has 0 unspecified atom stereocenters. The number of piperazine rings is 1. The molecule has 0 aliphatic carbocycles. The van der Waals surface area contributed by atoms with Gasteiger partial charge in [0.2, 0.25) is 10.0 Å². The third-order valence-electron chi connectivity index (χ3n) is 6.10. The number of furan rings is 1. The zero-order valence-corrected chi connectivity index (χ0v) is 20.6. The van der Waals surface area contributed by atoms with E-state index in [0.29, 0.717) is 48.2 Å². The number of nitrogens with one attached hydrogen (secondary N) is 1. The number of aryl methyl sites for hydroxylation is 1. The SMILES string of the molecule is Cc1ccc(S(=O)(=O)N2CCN(c3c(Cl)cccc3NC(=O)c3cc4ccccc4o3)CC2)cc1. The average Bonchev–Trinajstić information content (AvgIpc) is 3.29. The van der Waals surface area contributed by atoms with Gasteiger partial charge in [-0.1, -0.05) is 53.6 Å². The highest BCUT2D eigenvalue weighted by atomic mass is 35.5. The third-order valence-corrected chi connectivity index (χ3v) is 8.32. The molecule has 180 valence electrons. The number of rotatable bonds is 5. The van der Waals surface area contributed by atoms with Crippen LogP contribution in [0.4, 0.5) is 11.4 Å². The summed E-state index contributed by atoms with van der Waals surface area (Å²) < 4.78 is 33.3. The predicted octanol–water partition coefficient (Wildman–Crippen LogP) is 5.16. The molecule has 9 heteroatoms. The Morgan fingerprint density at radius 2 is 1.66 bits per heavy atom. The van der Waals surface area contributed by atoms with Crippen LogP contribution >= 0.6 is 11.6 Å². The van der Waals surface area contributed by atoms with Gasteiger partial charge in [0.15, 0.2) is 5.76 Å². The van der Waals surface area contributed by atoms with Crippen molar-refractivity contribution in [2.24, 2.45) is 0 Å². The first kappa shape index (κ1) is 23.4. The van der Waals surface area contributed by atoms with Gasteiger partial charge >= 0.3 is 0 Å². The van der Waals surface area contributed by atoms with Crippen LogP contribution in [-0.4, -0.2) is 44.8 Å². The van der Waals surface area contributed by atoms with Gasteiger partial charge < -0.3 is 14.6 Å². The van der Waals surface area contributed by atoms with Crippen molar-refractivity contribution in [2.75, 3.05) is 36.4 Å². The number of sulfonamides is 1. The van der Waals surface area contributed by atoms with Crippen LogP contribution in [0.1, 0.15) is 16.1 Å². The van der Waals surface area contributed by atoms with Crippen LogP contribution in [0.2, 0.25) is 5.02 Å². The number of halogens is 1. The van der Waals surface area contributed by atoms with Gasteiger partial charge in [-0.3, -0.25) is 4.79 Å². The minimum Gasteiger partial charge on any atom is -0.451 e. The lowest BCUT2D eigenvalue weighted by atomic mass is 10.2. The number of amides is 1. The number of para-hydroxylation sites is 2. The van der Waals surface area contributed by atoms with E-state index in [9.17, 15) is 13.2 Å². The molecule has 1 aliphatic rings. The van der Waals surface area contributed by atoms with Gasteiger partial charge in [-0.05, 0) is 43.3 Å². The van der Waals surface area contributed by atoms with Crippen LogP contribution in [0.5, 0.6) is 0 Å². The van der Waals surface area contributed by atoms with Crippen LogP contribution in [0, 0.1) is 6.92 Å².